The molecule has 100 valence electrons. The smallest absolute Gasteiger partial charge is 0.283 e. The van der Waals surface area contributed by atoms with E-state index in [2.05, 4.69) is 22.6 Å². The fraction of sp³-hybridized carbons (Fsp3) is 0.308. The minimum Gasteiger partial charge on any atom is -0.435 e. The molecule has 0 bridgehead atoms. The normalized spacial score (nSPS) is 10.8. The summed E-state index contributed by atoms with van der Waals surface area (Å²) in [5, 5.41) is -0.117. The Morgan fingerprint density at radius 2 is 2.05 bits per heavy atom. The van der Waals surface area contributed by atoms with Crippen molar-refractivity contribution >= 4 is 23.3 Å². The SMILES string of the molecule is Cc1ccc(C(C)C)c(Oc2nsnc(Cl)c2=O)c1. The van der Waals surface area contributed by atoms with Gasteiger partial charge in [-0.1, -0.05) is 37.6 Å². The van der Waals surface area contributed by atoms with Gasteiger partial charge in [0.15, 0.2) is 5.15 Å². The standard InChI is InChI=1S/C13H13ClN2O2S/c1-7(2)9-5-4-8(3)6-10(9)18-13-11(17)12(14)15-19-16-13/h4-7H,1-3H3. The molecular weight excluding hydrogens is 284 g/mol. The predicted octanol–water partition coefficient (Wildman–Crippen LogP) is 3.78. The topological polar surface area (TPSA) is 52.1 Å². The molecule has 1 aromatic heterocycles. The molecule has 0 amide bonds. The number of ether oxygens (including phenoxy) is 1. The lowest BCUT2D eigenvalue weighted by atomic mass is 10.0. The van der Waals surface area contributed by atoms with Crippen LogP contribution in [0.25, 0.3) is 0 Å². The lowest BCUT2D eigenvalue weighted by Crippen LogP contribution is -2.08. The summed E-state index contributed by atoms with van der Waals surface area (Å²) in [6.45, 7) is 6.08. The summed E-state index contributed by atoms with van der Waals surface area (Å²) in [6.07, 6.45) is 0. The second-order valence-electron chi connectivity index (χ2n) is 4.49. The third-order valence-corrected chi connectivity index (χ3v) is 3.49. The van der Waals surface area contributed by atoms with Gasteiger partial charge in [0, 0.05) is 0 Å². The van der Waals surface area contributed by atoms with Crippen LogP contribution in [0.4, 0.5) is 0 Å². The monoisotopic (exact) mass is 296 g/mol. The predicted molar refractivity (Wildman–Crippen MR) is 76.5 cm³/mol. The summed E-state index contributed by atoms with van der Waals surface area (Å²) in [5.41, 5.74) is 1.58. The van der Waals surface area contributed by atoms with E-state index in [4.69, 9.17) is 16.3 Å². The molecule has 0 aliphatic rings. The number of halogens is 1. The maximum atomic E-state index is 11.8. The fourth-order valence-corrected chi connectivity index (χ4v) is 2.20. The molecule has 19 heavy (non-hydrogen) atoms. The molecule has 0 saturated carbocycles. The van der Waals surface area contributed by atoms with Crippen LogP contribution in [0, 0.1) is 6.92 Å². The Morgan fingerprint density at radius 3 is 2.74 bits per heavy atom. The Hall–Kier alpha value is -1.46. The van der Waals surface area contributed by atoms with Crippen LogP contribution in [-0.4, -0.2) is 8.75 Å². The Morgan fingerprint density at radius 1 is 1.32 bits per heavy atom. The molecule has 0 atom stereocenters. The quantitative estimate of drug-likeness (QED) is 0.865. The molecule has 2 aromatic rings. The Bertz CT molecular complexity index is 655. The number of aryl methyl sites for hydroxylation is 1. The highest BCUT2D eigenvalue weighted by Gasteiger charge is 2.13. The second kappa shape index (κ2) is 5.67. The third kappa shape index (κ3) is 3.11. The first-order chi connectivity index (χ1) is 8.99. The van der Waals surface area contributed by atoms with E-state index in [-0.39, 0.29) is 17.0 Å². The Labute approximate surface area is 120 Å². The van der Waals surface area contributed by atoms with Crippen LogP contribution in [0.5, 0.6) is 11.6 Å². The highest BCUT2D eigenvalue weighted by Crippen LogP contribution is 2.30. The molecule has 4 nitrogen and oxygen atoms in total. The Kier molecular flexibility index (Phi) is 4.17. The lowest BCUT2D eigenvalue weighted by Gasteiger charge is -2.13. The van der Waals surface area contributed by atoms with Crippen LogP contribution < -0.4 is 10.2 Å². The second-order valence-corrected chi connectivity index (χ2v) is 5.37. The number of hydrogen-bond acceptors (Lipinski definition) is 5. The van der Waals surface area contributed by atoms with Crippen LogP contribution in [-0.2, 0) is 0 Å². The summed E-state index contributed by atoms with van der Waals surface area (Å²) in [4.78, 5) is 11.8. The average molecular weight is 297 g/mol. The molecule has 0 fully saturated rings. The highest BCUT2D eigenvalue weighted by molar-refractivity contribution is 6.99. The minimum absolute atomic E-state index is 0.0301. The molecule has 1 aromatic carbocycles. The van der Waals surface area contributed by atoms with Gasteiger partial charge in [-0.3, -0.25) is 4.79 Å². The van der Waals surface area contributed by atoms with Crippen LogP contribution in [0.1, 0.15) is 30.9 Å². The van der Waals surface area contributed by atoms with Crippen molar-refractivity contribution in [1.82, 2.24) is 8.75 Å². The molecule has 0 aliphatic heterocycles. The Balaban J connectivity index is 2.46. The molecule has 0 spiro atoms. The van der Waals surface area contributed by atoms with Crippen LogP contribution in [0.15, 0.2) is 23.0 Å². The molecule has 6 heteroatoms. The van der Waals surface area contributed by atoms with E-state index in [0.29, 0.717) is 5.75 Å². The van der Waals surface area contributed by atoms with Gasteiger partial charge in [0.1, 0.15) is 5.75 Å². The van der Waals surface area contributed by atoms with Gasteiger partial charge in [0.2, 0.25) is 0 Å². The fourth-order valence-electron chi connectivity index (χ4n) is 1.64. The van der Waals surface area contributed by atoms with Crippen molar-refractivity contribution in [1.29, 1.82) is 0 Å². The van der Waals surface area contributed by atoms with E-state index in [1.807, 2.05) is 25.1 Å². The summed E-state index contributed by atoms with van der Waals surface area (Å²) < 4.78 is 13.2. The van der Waals surface area contributed by atoms with Crippen molar-refractivity contribution in [3.63, 3.8) is 0 Å². The number of benzene rings is 1. The number of nitrogens with zero attached hydrogens (tertiary/aromatic N) is 2. The zero-order valence-electron chi connectivity index (χ0n) is 10.8. The zero-order chi connectivity index (χ0) is 14.0. The van der Waals surface area contributed by atoms with E-state index in [1.54, 1.807) is 0 Å². The first-order valence-corrected chi connectivity index (χ1v) is 6.90. The van der Waals surface area contributed by atoms with Crippen LogP contribution in [0.2, 0.25) is 5.15 Å². The highest BCUT2D eigenvalue weighted by atomic mass is 35.5. The van der Waals surface area contributed by atoms with Gasteiger partial charge < -0.3 is 4.74 Å². The maximum Gasteiger partial charge on any atom is 0.283 e. The van der Waals surface area contributed by atoms with Gasteiger partial charge >= 0.3 is 0 Å². The molecular formula is C13H13ClN2O2S. The van der Waals surface area contributed by atoms with Gasteiger partial charge in [-0.25, -0.2) is 0 Å². The molecule has 0 aliphatic carbocycles. The molecule has 0 radical (unpaired) electrons. The maximum absolute atomic E-state index is 11.8. The van der Waals surface area contributed by atoms with E-state index in [9.17, 15) is 4.79 Å². The molecule has 2 rings (SSSR count). The first kappa shape index (κ1) is 14.0. The summed E-state index contributed by atoms with van der Waals surface area (Å²) in [5.74, 6) is 0.887. The number of rotatable bonds is 3. The third-order valence-electron chi connectivity index (χ3n) is 2.62. The van der Waals surface area contributed by atoms with Gasteiger partial charge in [0.05, 0.1) is 11.7 Å². The van der Waals surface area contributed by atoms with Crippen molar-refractivity contribution in [3.8, 4) is 11.6 Å². The first-order valence-electron chi connectivity index (χ1n) is 5.80. The zero-order valence-corrected chi connectivity index (χ0v) is 12.4. The van der Waals surface area contributed by atoms with Crippen molar-refractivity contribution in [2.24, 2.45) is 0 Å². The van der Waals surface area contributed by atoms with Crippen molar-refractivity contribution in [2.45, 2.75) is 26.7 Å². The lowest BCUT2D eigenvalue weighted by molar-refractivity contribution is 0.453. The van der Waals surface area contributed by atoms with E-state index >= 15 is 0 Å². The number of aromatic nitrogens is 2. The van der Waals surface area contributed by atoms with E-state index in [0.717, 1.165) is 22.9 Å². The molecule has 0 saturated heterocycles. The van der Waals surface area contributed by atoms with Crippen LogP contribution >= 0.6 is 23.3 Å². The van der Waals surface area contributed by atoms with E-state index in [1.165, 1.54) is 0 Å². The molecule has 0 unspecified atom stereocenters. The number of hydrogen-bond donors (Lipinski definition) is 0. The molecule has 1 heterocycles. The summed E-state index contributed by atoms with van der Waals surface area (Å²) in [6, 6.07) is 5.89. The summed E-state index contributed by atoms with van der Waals surface area (Å²) in [7, 11) is 0. The van der Waals surface area contributed by atoms with Crippen molar-refractivity contribution in [2.75, 3.05) is 0 Å². The van der Waals surface area contributed by atoms with Gasteiger partial charge in [-0.2, -0.15) is 4.37 Å². The van der Waals surface area contributed by atoms with Gasteiger partial charge in [-0.15, -0.1) is 4.37 Å². The largest absolute Gasteiger partial charge is 0.435 e. The average Bonchev–Trinajstić information content (AvgIpc) is 2.35. The van der Waals surface area contributed by atoms with Crippen molar-refractivity contribution in [3.05, 3.63) is 44.7 Å². The van der Waals surface area contributed by atoms with Crippen LogP contribution in [0.3, 0.4) is 0 Å². The van der Waals surface area contributed by atoms with Gasteiger partial charge in [0.25, 0.3) is 11.3 Å². The summed E-state index contributed by atoms with van der Waals surface area (Å²) >= 11 is 6.53. The molecule has 0 N–H and O–H groups in total. The minimum atomic E-state index is -0.489. The van der Waals surface area contributed by atoms with Crippen molar-refractivity contribution < 1.29 is 4.74 Å². The van der Waals surface area contributed by atoms with Gasteiger partial charge in [-0.05, 0) is 30.0 Å². The van der Waals surface area contributed by atoms with E-state index < -0.39 is 5.43 Å².